The van der Waals surface area contributed by atoms with Crippen molar-refractivity contribution < 1.29 is 4.79 Å². The van der Waals surface area contributed by atoms with E-state index in [0.717, 1.165) is 79.7 Å². The van der Waals surface area contributed by atoms with Crippen molar-refractivity contribution in [3.8, 4) is 11.3 Å². The number of carbonyl (C=O) groups excluding carboxylic acids is 1. The second-order valence-corrected chi connectivity index (χ2v) is 9.57. The minimum atomic E-state index is -0.469. The topological polar surface area (TPSA) is 86.9 Å². The first-order valence-corrected chi connectivity index (χ1v) is 11.6. The van der Waals surface area contributed by atoms with Crippen LogP contribution in [0.15, 0.2) is 40.7 Å². The molecule has 32 heavy (non-hydrogen) atoms. The fraction of sp³-hybridized carbons (Fsp3) is 0.500. The van der Waals surface area contributed by atoms with Crippen LogP contribution in [-0.4, -0.2) is 29.2 Å². The molecule has 0 aliphatic heterocycles. The van der Waals surface area contributed by atoms with Gasteiger partial charge in [-0.1, -0.05) is 37.6 Å². The third-order valence-electron chi connectivity index (χ3n) is 6.12. The lowest BCUT2D eigenvalue weighted by atomic mass is 9.86. The summed E-state index contributed by atoms with van der Waals surface area (Å²) in [7, 11) is 0. The number of H-pyrrole nitrogens is 1. The molecule has 172 valence electrons. The summed E-state index contributed by atoms with van der Waals surface area (Å²) in [5.74, 6) is 0.00963. The molecular weight excluding hydrogens is 400 g/mol. The highest BCUT2D eigenvalue weighted by Gasteiger charge is 2.27. The monoisotopic (exact) mass is 436 g/mol. The predicted octanol–water partition coefficient (Wildman–Crippen LogP) is 4.62. The zero-order valence-electron chi connectivity index (χ0n) is 19.8. The Labute approximate surface area is 190 Å². The number of anilines is 1. The van der Waals surface area contributed by atoms with Crippen LogP contribution in [0, 0.1) is 5.41 Å². The Balaban J connectivity index is 1.65. The first kappa shape index (κ1) is 23.9. The highest BCUT2D eigenvalue weighted by atomic mass is 16.2. The number of allylic oxidation sites excluding steroid dienone is 1. The van der Waals surface area contributed by atoms with Crippen molar-refractivity contribution >= 4 is 11.6 Å². The number of aromatic amines is 1. The molecule has 0 radical (unpaired) electrons. The summed E-state index contributed by atoms with van der Waals surface area (Å²) in [6.45, 7) is 9.91. The van der Waals surface area contributed by atoms with E-state index >= 15 is 0 Å². The SMILES string of the molecule is CC(C)=CCNCCCC(C)(C)C(=O)Nc1cccc(-c2n[nH]c(=O)c3c2CCCC3)c1. The molecule has 3 N–H and O–H groups in total. The number of hydrogen-bond donors (Lipinski definition) is 3. The van der Waals surface area contributed by atoms with Gasteiger partial charge >= 0.3 is 0 Å². The van der Waals surface area contributed by atoms with Crippen LogP contribution in [-0.2, 0) is 17.6 Å². The van der Waals surface area contributed by atoms with Crippen molar-refractivity contribution in [1.29, 1.82) is 0 Å². The van der Waals surface area contributed by atoms with Gasteiger partial charge in [-0.15, -0.1) is 0 Å². The van der Waals surface area contributed by atoms with Gasteiger partial charge in [0.15, 0.2) is 0 Å². The number of aromatic nitrogens is 2. The van der Waals surface area contributed by atoms with E-state index in [9.17, 15) is 9.59 Å². The minimum absolute atomic E-state index is 0.00963. The average Bonchev–Trinajstić information content (AvgIpc) is 2.76. The molecule has 1 aliphatic rings. The number of fused-ring (bicyclic) bond motifs is 1. The fourth-order valence-corrected chi connectivity index (χ4v) is 4.09. The first-order chi connectivity index (χ1) is 15.3. The Morgan fingerprint density at radius 1 is 1.19 bits per heavy atom. The molecule has 3 rings (SSSR count). The van der Waals surface area contributed by atoms with Gasteiger partial charge in [-0.25, -0.2) is 5.10 Å². The van der Waals surface area contributed by atoms with E-state index in [2.05, 4.69) is 40.8 Å². The van der Waals surface area contributed by atoms with E-state index in [1.54, 1.807) is 0 Å². The zero-order chi connectivity index (χ0) is 23.1. The Morgan fingerprint density at radius 2 is 1.94 bits per heavy atom. The number of benzene rings is 1. The van der Waals surface area contributed by atoms with Gasteiger partial charge in [0.1, 0.15) is 0 Å². The molecule has 6 heteroatoms. The second-order valence-electron chi connectivity index (χ2n) is 9.57. The smallest absolute Gasteiger partial charge is 0.267 e. The van der Waals surface area contributed by atoms with E-state index in [1.807, 2.05) is 38.1 Å². The van der Waals surface area contributed by atoms with Crippen molar-refractivity contribution in [3.63, 3.8) is 0 Å². The number of nitrogens with one attached hydrogen (secondary N) is 3. The maximum atomic E-state index is 13.0. The second kappa shape index (κ2) is 10.7. The molecule has 2 aromatic rings. The van der Waals surface area contributed by atoms with E-state index in [1.165, 1.54) is 5.57 Å². The predicted molar refractivity (Wildman–Crippen MR) is 131 cm³/mol. The van der Waals surface area contributed by atoms with E-state index < -0.39 is 5.41 Å². The number of amides is 1. The molecule has 0 fully saturated rings. The number of rotatable bonds is 9. The maximum Gasteiger partial charge on any atom is 0.267 e. The molecule has 0 bridgehead atoms. The first-order valence-electron chi connectivity index (χ1n) is 11.6. The number of hydrogen-bond acceptors (Lipinski definition) is 4. The molecule has 0 atom stereocenters. The summed E-state index contributed by atoms with van der Waals surface area (Å²) in [4.78, 5) is 25.1. The molecule has 6 nitrogen and oxygen atoms in total. The van der Waals surface area contributed by atoms with Crippen LogP contribution in [0.5, 0.6) is 0 Å². The van der Waals surface area contributed by atoms with Crippen LogP contribution in [0.4, 0.5) is 5.69 Å². The Bertz CT molecular complexity index is 1030. The van der Waals surface area contributed by atoms with Crippen molar-refractivity contribution in [2.75, 3.05) is 18.4 Å². The highest BCUT2D eigenvalue weighted by molar-refractivity contribution is 5.95. The summed E-state index contributed by atoms with van der Waals surface area (Å²) in [5, 5.41) is 13.5. The largest absolute Gasteiger partial charge is 0.326 e. The molecule has 1 aromatic carbocycles. The van der Waals surface area contributed by atoms with Gasteiger partial charge in [0.2, 0.25) is 5.91 Å². The molecule has 1 amide bonds. The molecule has 1 heterocycles. The maximum absolute atomic E-state index is 13.0. The lowest BCUT2D eigenvalue weighted by Crippen LogP contribution is -2.31. The fourth-order valence-electron chi connectivity index (χ4n) is 4.09. The van der Waals surface area contributed by atoms with E-state index in [4.69, 9.17) is 0 Å². The van der Waals surface area contributed by atoms with Crippen molar-refractivity contribution in [1.82, 2.24) is 15.5 Å². The quantitative estimate of drug-likeness (QED) is 0.395. The molecular formula is C26H36N4O2. The van der Waals surface area contributed by atoms with E-state index in [-0.39, 0.29) is 11.5 Å². The summed E-state index contributed by atoms with van der Waals surface area (Å²) in [5.41, 5.74) is 5.14. The summed E-state index contributed by atoms with van der Waals surface area (Å²) < 4.78 is 0. The Morgan fingerprint density at radius 3 is 2.69 bits per heavy atom. The lowest BCUT2D eigenvalue weighted by molar-refractivity contribution is -0.124. The van der Waals surface area contributed by atoms with Crippen LogP contribution < -0.4 is 16.2 Å². The molecule has 1 aromatic heterocycles. The van der Waals surface area contributed by atoms with Crippen molar-refractivity contribution in [2.24, 2.45) is 5.41 Å². The normalized spacial score (nSPS) is 13.4. The van der Waals surface area contributed by atoms with Crippen LogP contribution in [0.2, 0.25) is 0 Å². The third kappa shape index (κ3) is 6.16. The van der Waals surface area contributed by atoms with Crippen LogP contribution >= 0.6 is 0 Å². The lowest BCUT2D eigenvalue weighted by Gasteiger charge is -2.24. The standard InChI is InChI=1S/C26H36N4O2/c1-18(2)13-16-27-15-8-14-26(3,4)25(32)28-20-10-7-9-19(17-20)23-21-11-5-6-12-22(21)24(31)30-29-23/h7,9-10,13,17,27H,5-6,8,11-12,14-16H2,1-4H3,(H,28,32)(H,30,31). The Hall–Kier alpha value is -2.73. The van der Waals surface area contributed by atoms with Gasteiger partial charge in [-0.2, -0.15) is 5.10 Å². The average molecular weight is 437 g/mol. The van der Waals surface area contributed by atoms with Gasteiger partial charge in [-0.3, -0.25) is 9.59 Å². The van der Waals surface area contributed by atoms with Gasteiger partial charge < -0.3 is 10.6 Å². The van der Waals surface area contributed by atoms with Crippen LogP contribution in [0.25, 0.3) is 11.3 Å². The summed E-state index contributed by atoms with van der Waals surface area (Å²) in [6, 6.07) is 7.75. The van der Waals surface area contributed by atoms with Gasteiger partial charge in [0.05, 0.1) is 5.69 Å². The molecule has 0 saturated carbocycles. The molecule has 0 unspecified atom stereocenters. The van der Waals surface area contributed by atoms with Crippen LogP contribution in [0.3, 0.4) is 0 Å². The minimum Gasteiger partial charge on any atom is -0.326 e. The van der Waals surface area contributed by atoms with E-state index in [0.29, 0.717) is 0 Å². The summed E-state index contributed by atoms with van der Waals surface area (Å²) in [6.07, 6.45) is 7.67. The zero-order valence-corrected chi connectivity index (χ0v) is 19.8. The highest BCUT2D eigenvalue weighted by Crippen LogP contribution is 2.30. The molecule has 1 aliphatic carbocycles. The van der Waals surface area contributed by atoms with Crippen molar-refractivity contribution in [2.45, 2.75) is 66.2 Å². The molecule has 0 saturated heterocycles. The van der Waals surface area contributed by atoms with Crippen LogP contribution in [0.1, 0.15) is 64.5 Å². The molecule has 0 spiro atoms. The van der Waals surface area contributed by atoms with Crippen molar-refractivity contribution in [3.05, 3.63) is 57.4 Å². The van der Waals surface area contributed by atoms with Gasteiger partial charge in [0.25, 0.3) is 5.56 Å². The number of nitrogens with zero attached hydrogens (tertiary/aromatic N) is 1. The Kier molecular flexibility index (Phi) is 8.02. The third-order valence-corrected chi connectivity index (χ3v) is 6.12. The van der Waals surface area contributed by atoms with Gasteiger partial charge in [0, 0.05) is 28.8 Å². The number of carbonyl (C=O) groups is 1. The van der Waals surface area contributed by atoms with Gasteiger partial charge in [-0.05, 0) is 76.6 Å². The summed E-state index contributed by atoms with van der Waals surface area (Å²) >= 11 is 0.